The van der Waals surface area contributed by atoms with E-state index in [4.69, 9.17) is 4.74 Å². The first-order chi connectivity index (χ1) is 6.91. The van der Waals surface area contributed by atoms with Gasteiger partial charge in [0.2, 0.25) is 0 Å². The molecule has 2 aliphatic rings. The largest absolute Gasteiger partial charge is 0.370 e. The lowest BCUT2D eigenvalue weighted by Gasteiger charge is -2.35. The van der Waals surface area contributed by atoms with Gasteiger partial charge in [0.05, 0.1) is 16.5 Å². The van der Waals surface area contributed by atoms with Crippen LogP contribution >= 0.6 is 21.6 Å². The van der Waals surface area contributed by atoms with Crippen LogP contribution in [0.25, 0.3) is 0 Å². The Morgan fingerprint density at radius 1 is 1.27 bits per heavy atom. The fraction of sp³-hybridized carbons (Fsp3) is 1.00. The molecule has 1 saturated carbocycles. The number of hydrogen-bond donors (Lipinski definition) is 0. The molecule has 15 heavy (non-hydrogen) atoms. The van der Waals surface area contributed by atoms with Crippen LogP contribution in [-0.2, 0) is 4.74 Å². The summed E-state index contributed by atoms with van der Waals surface area (Å²) in [5.74, 6) is 0. The van der Waals surface area contributed by atoms with Gasteiger partial charge in [-0.15, -0.1) is 0 Å². The molecule has 2 fully saturated rings. The van der Waals surface area contributed by atoms with E-state index in [-0.39, 0.29) is 5.60 Å². The van der Waals surface area contributed by atoms with Crippen molar-refractivity contribution in [2.75, 3.05) is 0 Å². The van der Waals surface area contributed by atoms with E-state index in [1.165, 1.54) is 25.7 Å². The van der Waals surface area contributed by atoms with E-state index in [9.17, 15) is 0 Å². The molecule has 1 heterocycles. The average molecular weight is 246 g/mol. The second-order valence-electron chi connectivity index (χ2n) is 5.93. The fourth-order valence-corrected chi connectivity index (χ4v) is 6.29. The summed E-state index contributed by atoms with van der Waals surface area (Å²) in [6, 6.07) is 0. The van der Waals surface area contributed by atoms with Gasteiger partial charge in [-0.25, -0.2) is 0 Å². The van der Waals surface area contributed by atoms with Crippen molar-refractivity contribution in [3.8, 4) is 0 Å². The van der Waals surface area contributed by atoms with Crippen molar-refractivity contribution in [3.63, 3.8) is 0 Å². The summed E-state index contributed by atoms with van der Waals surface area (Å²) in [7, 11) is 4.13. The van der Waals surface area contributed by atoms with Crippen LogP contribution in [0.15, 0.2) is 0 Å². The minimum Gasteiger partial charge on any atom is -0.370 e. The van der Waals surface area contributed by atoms with E-state index in [0.717, 1.165) is 5.25 Å². The molecule has 1 aliphatic heterocycles. The third kappa shape index (κ3) is 2.67. The third-order valence-corrected chi connectivity index (χ3v) is 7.01. The lowest BCUT2D eigenvalue weighted by Crippen LogP contribution is -2.43. The van der Waals surface area contributed by atoms with Crippen molar-refractivity contribution in [1.29, 1.82) is 0 Å². The van der Waals surface area contributed by atoms with Gasteiger partial charge in [0.1, 0.15) is 0 Å². The Kier molecular flexibility index (Phi) is 3.36. The van der Waals surface area contributed by atoms with E-state index in [1.807, 2.05) is 0 Å². The van der Waals surface area contributed by atoms with E-state index in [2.05, 4.69) is 49.3 Å². The summed E-state index contributed by atoms with van der Waals surface area (Å²) >= 11 is 0. The van der Waals surface area contributed by atoms with Crippen molar-refractivity contribution in [1.82, 2.24) is 0 Å². The Bertz CT molecular complexity index is 234. The van der Waals surface area contributed by atoms with Crippen LogP contribution in [0, 0.1) is 0 Å². The standard InChI is InChI=1S/C12H22OS2/c1-11(2,3)13-10-9-7-5-6-8-12(10,4)15-14-9/h9-10H,5-8H2,1-4H3. The Balaban J connectivity index is 2.14. The second kappa shape index (κ2) is 4.15. The normalized spacial score (nSPS) is 41.6. The Labute approximate surface area is 102 Å². The van der Waals surface area contributed by atoms with Crippen molar-refractivity contribution < 1.29 is 4.74 Å². The van der Waals surface area contributed by atoms with Gasteiger partial charge in [-0.3, -0.25) is 0 Å². The highest BCUT2D eigenvalue weighted by Gasteiger charge is 2.49. The molecular formula is C12H22OS2. The molecule has 88 valence electrons. The molecule has 1 saturated heterocycles. The van der Waals surface area contributed by atoms with Gasteiger partial charge in [0, 0.05) is 5.25 Å². The SMILES string of the molecule is CC(C)(C)OC1C2CCCCC1(C)SS2. The third-order valence-electron chi connectivity index (χ3n) is 3.19. The average Bonchev–Trinajstić information content (AvgIpc) is 2.26. The maximum Gasteiger partial charge on any atom is 0.0861 e. The molecule has 0 N–H and O–H groups in total. The maximum absolute atomic E-state index is 6.31. The molecule has 0 amide bonds. The molecule has 0 radical (unpaired) electrons. The minimum atomic E-state index is -0.0000231. The summed E-state index contributed by atoms with van der Waals surface area (Å²) in [6.07, 6.45) is 5.88. The summed E-state index contributed by atoms with van der Waals surface area (Å²) in [5.41, 5.74) is -0.0000231. The van der Waals surface area contributed by atoms with Gasteiger partial charge in [-0.2, -0.15) is 0 Å². The lowest BCUT2D eigenvalue weighted by molar-refractivity contribution is -0.0719. The molecule has 2 rings (SSSR count). The summed E-state index contributed by atoms with van der Waals surface area (Å²) in [5, 5.41) is 0.724. The monoisotopic (exact) mass is 246 g/mol. The second-order valence-corrected chi connectivity index (χ2v) is 8.90. The van der Waals surface area contributed by atoms with Crippen LogP contribution < -0.4 is 0 Å². The van der Waals surface area contributed by atoms with Crippen molar-refractivity contribution in [2.45, 2.75) is 75.1 Å². The maximum atomic E-state index is 6.31. The van der Waals surface area contributed by atoms with Crippen LogP contribution in [0.2, 0.25) is 0 Å². The predicted molar refractivity (Wildman–Crippen MR) is 70.5 cm³/mol. The molecule has 2 bridgehead atoms. The highest BCUT2D eigenvalue weighted by molar-refractivity contribution is 8.77. The minimum absolute atomic E-state index is 0.0000231. The lowest BCUT2D eigenvalue weighted by atomic mass is 9.97. The summed E-state index contributed by atoms with van der Waals surface area (Å²) in [6.45, 7) is 8.93. The molecule has 0 aromatic carbocycles. The molecule has 0 aromatic rings. The van der Waals surface area contributed by atoms with Crippen LogP contribution in [-0.4, -0.2) is 21.7 Å². The Hall–Kier alpha value is 0.660. The van der Waals surface area contributed by atoms with Gasteiger partial charge < -0.3 is 4.74 Å². The van der Waals surface area contributed by atoms with Gasteiger partial charge in [-0.1, -0.05) is 34.4 Å². The van der Waals surface area contributed by atoms with Gasteiger partial charge in [0.25, 0.3) is 0 Å². The molecule has 1 nitrogen and oxygen atoms in total. The first kappa shape index (κ1) is 12.1. The van der Waals surface area contributed by atoms with Crippen molar-refractivity contribution in [3.05, 3.63) is 0 Å². The van der Waals surface area contributed by atoms with Gasteiger partial charge in [0.15, 0.2) is 0 Å². The van der Waals surface area contributed by atoms with Crippen LogP contribution in [0.4, 0.5) is 0 Å². The predicted octanol–water partition coefficient (Wildman–Crippen LogP) is 4.27. The Morgan fingerprint density at radius 2 is 2.00 bits per heavy atom. The number of rotatable bonds is 1. The fourth-order valence-electron chi connectivity index (χ4n) is 2.45. The molecule has 3 heteroatoms. The van der Waals surface area contributed by atoms with E-state index in [0.29, 0.717) is 10.9 Å². The van der Waals surface area contributed by atoms with Gasteiger partial charge >= 0.3 is 0 Å². The first-order valence-corrected chi connectivity index (χ1v) is 8.14. The summed E-state index contributed by atoms with van der Waals surface area (Å²) < 4.78 is 6.67. The smallest absolute Gasteiger partial charge is 0.0861 e. The molecule has 3 atom stereocenters. The molecule has 1 aliphatic carbocycles. The van der Waals surface area contributed by atoms with E-state index < -0.39 is 0 Å². The summed E-state index contributed by atoms with van der Waals surface area (Å²) in [4.78, 5) is 0. The van der Waals surface area contributed by atoms with Crippen molar-refractivity contribution >= 4 is 21.6 Å². The topological polar surface area (TPSA) is 9.23 Å². The highest BCUT2D eigenvalue weighted by Crippen LogP contribution is 2.58. The zero-order chi connectivity index (χ0) is 11.1. The molecule has 0 spiro atoms. The zero-order valence-electron chi connectivity index (χ0n) is 10.2. The molecule has 0 aromatic heterocycles. The quantitative estimate of drug-likeness (QED) is 0.640. The number of fused-ring (bicyclic) bond motifs is 2. The first-order valence-electron chi connectivity index (χ1n) is 5.93. The van der Waals surface area contributed by atoms with Crippen LogP contribution in [0.1, 0.15) is 53.4 Å². The molecule has 3 unspecified atom stereocenters. The van der Waals surface area contributed by atoms with E-state index in [1.54, 1.807) is 0 Å². The molecular weight excluding hydrogens is 224 g/mol. The zero-order valence-corrected chi connectivity index (χ0v) is 11.8. The number of hydrogen-bond acceptors (Lipinski definition) is 3. The van der Waals surface area contributed by atoms with Crippen molar-refractivity contribution in [2.24, 2.45) is 0 Å². The highest BCUT2D eigenvalue weighted by atomic mass is 33.1. The van der Waals surface area contributed by atoms with E-state index >= 15 is 0 Å². The number of ether oxygens (including phenoxy) is 1. The van der Waals surface area contributed by atoms with Gasteiger partial charge in [-0.05, 0) is 40.5 Å². The van der Waals surface area contributed by atoms with Crippen LogP contribution in [0.3, 0.4) is 0 Å². The Morgan fingerprint density at radius 3 is 2.67 bits per heavy atom. The van der Waals surface area contributed by atoms with Crippen LogP contribution in [0.5, 0.6) is 0 Å².